The normalized spacial score (nSPS) is 14.0. The van der Waals surface area contributed by atoms with Gasteiger partial charge in [-0.25, -0.2) is 4.98 Å². The summed E-state index contributed by atoms with van der Waals surface area (Å²) >= 11 is 0. The molecule has 11 rings (SSSR count). The third kappa shape index (κ3) is 10.0. The molecule has 3 heterocycles. The third-order valence-corrected chi connectivity index (χ3v) is 14.4. The average Bonchev–Trinajstić information content (AvgIpc) is 4.19. The fourth-order valence-electron chi connectivity index (χ4n) is 10.1. The molecule has 0 amide bonds. The van der Waals surface area contributed by atoms with Crippen LogP contribution in [-0.2, 0) is 42.7 Å². The van der Waals surface area contributed by atoms with E-state index in [1.165, 1.54) is 5.56 Å². The van der Waals surface area contributed by atoms with Crippen LogP contribution in [-0.4, -0.2) is 9.55 Å². The first-order valence-electron chi connectivity index (χ1n) is 28.4. The average molecular weight is 1180 g/mol. The van der Waals surface area contributed by atoms with E-state index >= 15 is 0 Å². The number of benzene rings is 8. The Morgan fingerprint density at radius 1 is 0.487 bits per heavy atom. The number of fused-ring (bicyclic) bond motifs is 4. The van der Waals surface area contributed by atoms with E-state index in [0.717, 1.165) is 83.6 Å². The molecule has 0 atom stereocenters. The van der Waals surface area contributed by atoms with Crippen molar-refractivity contribution in [2.24, 2.45) is 0 Å². The molecule has 386 valence electrons. The van der Waals surface area contributed by atoms with Gasteiger partial charge in [-0.3, -0.25) is 0 Å². The number of hydrogen-bond acceptors (Lipinski definition) is 4. The Kier molecular flexibility index (Phi) is 12.0. The Balaban J connectivity index is 0.00000736. The summed E-state index contributed by atoms with van der Waals surface area (Å²) in [7, 11) is 0. The summed E-state index contributed by atoms with van der Waals surface area (Å²) in [6, 6.07) is 56.0. The minimum atomic E-state index is -0.439. The van der Waals surface area contributed by atoms with E-state index in [4.69, 9.17) is 13.8 Å². The van der Waals surface area contributed by atoms with Gasteiger partial charge in [0.15, 0.2) is 0 Å². The second kappa shape index (κ2) is 19.7. The van der Waals surface area contributed by atoms with Crippen molar-refractivity contribution in [2.45, 2.75) is 105 Å². The number of para-hydroxylation sites is 3. The zero-order valence-corrected chi connectivity index (χ0v) is 47.8. The van der Waals surface area contributed by atoms with Crippen LogP contribution in [0.4, 0.5) is 22.7 Å². The molecule has 0 unspecified atom stereocenters. The fourth-order valence-corrected chi connectivity index (χ4v) is 10.1. The van der Waals surface area contributed by atoms with Crippen LogP contribution in [0.1, 0.15) is 112 Å². The first kappa shape index (κ1) is 46.1. The zero-order chi connectivity index (χ0) is 57.0. The van der Waals surface area contributed by atoms with Crippen molar-refractivity contribution < 1.29 is 32.7 Å². The largest absolute Gasteiger partial charge is 0.509 e. The van der Waals surface area contributed by atoms with Gasteiger partial charge in [0.05, 0.1) is 6.85 Å². The van der Waals surface area contributed by atoms with Crippen LogP contribution in [0.25, 0.3) is 61.0 Å². The smallest absolute Gasteiger partial charge is 0.135 e. The third-order valence-electron chi connectivity index (χ3n) is 14.4. The van der Waals surface area contributed by atoms with Crippen molar-refractivity contribution in [2.75, 3.05) is 9.80 Å². The molecule has 0 bridgehead atoms. The maximum atomic E-state index is 9.33. The van der Waals surface area contributed by atoms with E-state index in [1.54, 1.807) is 0 Å². The van der Waals surface area contributed by atoms with Crippen molar-refractivity contribution in [1.29, 1.82) is 0 Å². The van der Waals surface area contributed by atoms with Gasteiger partial charge >= 0.3 is 0 Å². The van der Waals surface area contributed by atoms with Crippen molar-refractivity contribution in [3.63, 3.8) is 0 Å². The van der Waals surface area contributed by atoms with Crippen LogP contribution >= 0.6 is 0 Å². The van der Waals surface area contributed by atoms with Gasteiger partial charge in [0, 0.05) is 72.5 Å². The van der Waals surface area contributed by atoms with Gasteiger partial charge in [-0.05, 0) is 96.3 Å². The molecule has 1 aliphatic heterocycles. The van der Waals surface area contributed by atoms with Crippen LogP contribution in [0.15, 0.2) is 182 Å². The van der Waals surface area contributed by atoms with Gasteiger partial charge in [0.25, 0.3) is 0 Å². The Hall–Kier alpha value is -7.20. The first-order chi connectivity index (χ1) is 37.8. The molecule has 8 aromatic carbocycles. The zero-order valence-electron chi connectivity index (χ0n) is 50.5. The first-order valence-corrected chi connectivity index (χ1v) is 25.9. The molecule has 0 aliphatic carbocycles. The minimum Gasteiger partial charge on any atom is -0.509 e. The maximum absolute atomic E-state index is 9.33. The Morgan fingerprint density at radius 2 is 1.11 bits per heavy atom. The van der Waals surface area contributed by atoms with E-state index in [2.05, 4.69) is 219 Å². The molecule has 0 N–H and O–H groups in total. The Morgan fingerprint density at radius 3 is 1.76 bits per heavy atom. The molecule has 0 saturated carbocycles. The van der Waals surface area contributed by atoms with E-state index in [1.807, 2.05) is 49.3 Å². The summed E-state index contributed by atoms with van der Waals surface area (Å²) in [6.07, 6.45) is 1.89. The number of pyridine rings is 1. The van der Waals surface area contributed by atoms with Crippen LogP contribution < -0.4 is 14.5 Å². The summed E-state index contributed by atoms with van der Waals surface area (Å²) in [4.78, 5) is 9.17. The predicted octanol–water partition coefficient (Wildman–Crippen LogP) is 19.2. The minimum absolute atomic E-state index is 0. The number of hydrogen-bond donors (Lipinski definition) is 0. The van der Waals surface area contributed by atoms with Gasteiger partial charge in [0.1, 0.15) is 5.82 Å². The molecule has 1 aliphatic rings. The molecule has 0 saturated heterocycles. The van der Waals surface area contributed by atoms with E-state index in [0.29, 0.717) is 22.7 Å². The van der Waals surface area contributed by atoms with Gasteiger partial charge in [-0.1, -0.05) is 210 Å². The van der Waals surface area contributed by atoms with E-state index in [-0.39, 0.29) is 60.4 Å². The maximum Gasteiger partial charge on any atom is 0.135 e. The summed E-state index contributed by atoms with van der Waals surface area (Å²) < 4.78 is 54.0. The van der Waals surface area contributed by atoms with Crippen molar-refractivity contribution >= 4 is 44.6 Å². The van der Waals surface area contributed by atoms with E-state index in [9.17, 15) is 2.74 Å². The molecular weight excluding hydrogens is 1110 g/mol. The second-order valence-electron chi connectivity index (χ2n) is 24.0. The number of aromatic nitrogens is 2. The van der Waals surface area contributed by atoms with Gasteiger partial charge in [-0.2, -0.15) is 6.07 Å². The van der Waals surface area contributed by atoms with Crippen molar-refractivity contribution in [3.05, 3.63) is 223 Å². The number of nitrogens with zero attached hydrogens (tertiary/aromatic N) is 4. The van der Waals surface area contributed by atoms with Gasteiger partial charge < -0.3 is 19.1 Å². The summed E-state index contributed by atoms with van der Waals surface area (Å²) in [5, 5.41) is 2.10. The molecule has 0 spiro atoms. The molecule has 0 fully saturated rings. The van der Waals surface area contributed by atoms with Gasteiger partial charge in [0.2, 0.25) is 0 Å². The molecule has 76 heavy (non-hydrogen) atoms. The van der Waals surface area contributed by atoms with Gasteiger partial charge in [-0.15, -0.1) is 53.6 Å². The van der Waals surface area contributed by atoms with Crippen molar-refractivity contribution in [1.82, 2.24) is 9.55 Å². The topological polar surface area (TPSA) is 33.5 Å². The molecule has 10 aromatic rings. The standard InChI is InChI=1S/C70H67N4O.Pt/c1-67(2,3)50-34-35-71-65(42-50)74-61-33-30-48(46-22-15-13-16-23-46)38-60(61)59-32-31-55(44-64(59)74)75-56-41-53(70(10,11)12)40-54(43-56)72-45-73(63-29-20-19-28-62(63)72)66-57(47-24-17-14-18-25-47)26-21-27-58(66)49-36-51(68(4,5)6)39-52(37-49)69(7,8)9;/h13-42,45H,1-12H3;/q-3;/i14D,17D,18D,24D,25D;. The monoisotopic (exact) mass is 1180 g/mol. The molecular formula is C70H67N4OPt-3. The number of ether oxygens (including phenoxy) is 1. The summed E-state index contributed by atoms with van der Waals surface area (Å²) in [5.41, 5.74) is 13.3. The van der Waals surface area contributed by atoms with Crippen LogP contribution in [0.5, 0.6) is 11.5 Å². The predicted molar refractivity (Wildman–Crippen MR) is 315 cm³/mol. The quantitative estimate of drug-likeness (QED) is 0.142. The number of rotatable bonds is 8. The van der Waals surface area contributed by atoms with Crippen LogP contribution in [0, 0.1) is 18.8 Å². The molecule has 6 heteroatoms. The van der Waals surface area contributed by atoms with E-state index < -0.39 is 18.1 Å². The van der Waals surface area contributed by atoms with Crippen LogP contribution in [0.3, 0.4) is 0 Å². The SMILES string of the molecule is [2H]c1c([2H])c([2H])c(-c2cccc(-c3cc(C(C)(C)C)cc(C(C)(C)C)c3)c2N2[CH-]N(c3[c-]c(Oc4[c-]c5c(cc4)c4cc(-c6ccccc6)ccc4n5-c4cc(C(C)(C)C)ccn4)cc(C(C)(C)C)c3)c3ccccc32)c([2H])c1[2H].[Pt]. The molecule has 0 radical (unpaired) electrons. The Bertz CT molecular complexity index is 4020. The Labute approximate surface area is 472 Å². The molecule has 2 aromatic heterocycles. The second-order valence-corrected chi connectivity index (χ2v) is 24.0. The van der Waals surface area contributed by atoms with Crippen molar-refractivity contribution in [3.8, 4) is 50.7 Å². The fraction of sp³-hybridized carbons (Fsp3) is 0.229. The number of anilines is 4. The molecule has 5 nitrogen and oxygen atoms in total. The summed E-state index contributed by atoms with van der Waals surface area (Å²) in [5.74, 6) is 1.81. The summed E-state index contributed by atoms with van der Waals surface area (Å²) in [6.45, 7) is 28.5. The van der Waals surface area contributed by atoms with Crippen LogP contribution in [0.2, 0.25) is 0 Å².